The number of carboxylic acid groups (broad SMARTS) is 1. The van der Waals surface area contributed by atoms with Gasteiger partial charge in [0.15, 0.2) is 6.10 Å². The molecule has 2 heterocycles. The fourth-order valence-electron chi connectivity index (χ4n) is 5.46. The topological polar surface area (TPSA) is 174 Å². The summed E-state index contributed by atoms with van der Waals surface area (Å²) < 4.78 is 45.1. The maximum Gasteiger partial charge on any atom is 0.335 e. The van der Waals surface area contributed by atoms with Crippen LogP contribution in [0.4, 0.5) is 0 Å². The fourth-order valence-corrected chi connectivity index (χ4v) is 6.10. The van der Waals surface area contributed by atoms with Crippen LogP contribution < -0.4 is 4.74 Å². The molecular formula is C22H31NO10S. The zero-order valence-corrected chi connectivity index (χ0v) is 19.6. The van der Waals surface area contributed by atoms with Crippen molar-refractivity contribution in [2.45, 2.75) is 80.7 Å². The first-order chi connectivity index (χ1) is 16.0. The molecule has 0 amide bonds. The molecule has 1 aromatic rings. The number of rotatable bonds is 6. The van der Waals surface area contributed by atoms with E-state index in [0.717, 1.165) is 37.9 Å². The predicted octanol–water partition coefficient (Wildman–Crippen LogP) is -0.206. The van der Waals surface area contributed by atoms with Crippen molar-refractivity contribution in [3.05, 3.63) is 23.3 Å². The number of aliphatic carboxylic acids is 1. The van der Waals surface area contributed by atoms with Gasteiger partial charge >= 0.3 is 5.97 Å². The zero-order chi connectivity index (χ0) is 24.8. The van der Waals surface area contributed by atoms with Crippen LogP contribution in [0.25, 0.3) is 0 Å². The van der Waals surface area contributed by atoms with Crippen LogP contribution in [0.15, 0.2) is 17.0 Å². The first kappa shape index (κ1) is 25.3. The standard InChI is InChI=1S/C22H31NO10S/c1-2-7-23-8-3-4-12-9-13-11(10-14(12)23)5-6-15(34(29,30)31)19(13)32-22-18(26)16(24)17(25)20(33-22)21(27)28/h5-6,12,14,16-18,20,22,24-26H,2-4,7-10H2,1H3,(H,27,28)(H,29,30,31)/t12?,14?,16-,17-,18+,20-,22+/m0/s1. The second-order valence-electron chi connectivity index (χ2n) is 9.27. The third-order valence-electron chi connectivity index (χ3n) is 7.09. The van der Waals surface area contributed by atoms with E-state index in [2.05, 4.69) is 11.8 Å². The molecule has 34 heavy (non-hydrogen) atoms. The van der Waals surface area contributed by atoms with Crippen molar-refractivity contribution in [3.8, 4) is 5.75 Å². The number of nitrogens with zero attached hydrogens (tertiary/aromatic N) is 1. The summed E-state index contributed by atoms with van der Waals surface area (Å²) in [7, 11) is -4.74. The zero-order valence-electron chi connectivity index (χ0n) is 18.8. The number of aliphatic hydroxyl groups is 3. The highest BCUT2D eigenvalue weighted by atomic mass is 32.2. The average Bonchev–Trinajstić information content (AvgIpc) is 2.77. The van der Waals surface area contributed by atoms with Gasteiger partial charge in [-0.1, -0.05) is 13.0 Å². The monoisotopic (exact) mass is 501 g/mol. The number of hydrogen-bond donors (Lipinski definition) is 5. The first-order valence-electron chi connectivity index (χ1n) is 11.5. The molecule has 2 unspecified atom stereocenters. The van der Waals surface area contributed by atoms with Gasteiger partial charge in [0, 0.05) is 6.04 Å². The van der Waals surface area contributed by atoms with Gasteiger partial charge in [0.05, 0.1) is 0 Å². The lowest BCUT2D eigenvalue weighted by Crippen LogP contribution is -2.61. The summed E-state index contributed by atoms with van der Waals surface area (Å²) in [5.74, 6) is -1.59. The largest absolute Gasteiger partial charge is 0.479 e. The molecule has 4 rings (SSSR count). The van der Waals surface area contributed by atoms with Gasteiger partial charge in [0.1, 0.15) is 29.0 Å². The predicted molar refractivity (Wildman–Crippen MR) is 117 cm³/mol. The lowest BCUT2D eigenvalue weighted by molar-refractivity contribution is -0.271. The molecule has 2 aliphatic heterocycles. The summed E-state index contributed by atoms with van der Waals surface area (Å²) in [6.07, 6.45) is -5.29. The third-order valence-corrected chi connectivity index (χ3v) is 7.96. The van der Waals surface area contributed by atoms with Crippen LogP contribution in [0.2, 0.25) is 0 Å². The number of carboxylic acids is 1. The van der Waals surface area contributed by atoms with Crippen LogP contribution in [-0.2, 0) is 32.5 Å². The van der Waals surface area contributed by atoms with Crippen LogP contribution in [-0.4, -0.2) is 94.1 Å². The van der Waals surface area contributed by atoms with Gasteiger partial charge in [-0.15, -0.1) is 0 Å². The minimum absolute atomic E-state index is 0.225. The second kappa shape index (κ2) is 9.69. The highest BCUT2D eigenvalue weighted by Gasteiger charge is 2.49. The van der Waals surface area contributed by atoms with Crippen LogP contribution in [0.3, 0.4) is 0 Å². The van der Waals surface area contributed by atoms with Crippen molar-refractivity contribution in [3.63, 3.8) is 0 Å². The highest BCUT2D eigenvalue weighted by Crippen LogP contribution is 2.42. The summed E-state index contributed by atoms with van der Waals surface area (Å²) in [6, 6.07) is 3.14. The van der Waals surface area contributed by atoms with Gasteiger partial charge in [-0.3, -0.25) is 9.45 Å². The Hall–Kier alpha value is -1.80. The number of aliphatic hydroxyl groups excluding tert-OH is 3. The Bertz CT molecular complexity index is 1030. The Balaban J connectivity index is 1.72. The Morgan fingerprint density at radius 3 is 2.56 bits per heavy atom. The molecule has 1 aliphatic carbocycles. The van der Waals surface area contributed by atoms with E-state index in [1.807, 2.05) is 0 Å². The van der Waals surface area contributed by atoms with Gasteiger partial charge in [0.25, 0.3) is 10.1 Å². The molecule has 5 N–H and O–H groups in total. The molecule has 0 radical (unpaired) electrons. The fraction of sp³-hybridized carbons (Fsp3) is 0.682. The van der Waals surface area contributed by atoms with E-state index in [-0.39, 0.29) is 17.7 Å². The van der Waals surface area contributed by atoms with E-state index in [1.165, 1.54) is 6.07 Å². The maximum atomic E-state index is 12.2. The lowest BCUT2D eigenvalue weighted by atomic mass is 9.75. The minimum Gasteiger partial charge on any atom is -0.479 e. The van der Waals surface area contributed by atoms with Crippen LogP contribution in [0.5, 0.6) is 5.75 Å². The molecule has 7 atom stereocenters. The summed E-state index contributed by atoms with van der Waals surface area (Å²) in [4.78, 5) is 13.4. The molecular weight excluding hydrogens is 470 g/mol. The molecule has 0 spiro atoms. The number of benzene rings is 1. The normalized spacial score (nSPS) is 34.2. The number of hydrogen-bond acceptors (Lipinski definition) is 9. The summed E-state index contributed by atoms with van der Waals surface area (Å²) >= 11 is 0. The van der Waals surface area contributed by atoms with Crippen molar-refractivity contribution in [1.82, 2.24) is 4.90 Å². The van der Waals surface area contributed by atoms with Gasteiger partial charge in [-0.2, -0.15) is 8.42 Å². The summed E-state index contributed by atoms with van der Waals surface area (Å²) in [5, 5.41) is 39.7. The van der Waals surface area contributed by atoms with Crippen molar-refractivity contribution >= 4 is 16.1 Å². The van der Waals surface area contributed by atoms with E-state index in [4.69, 9.17) is 9.47 Å². The van der Waals surface area contributed by atoms with E-state index in [1.54, 1.807) is 6.07 Å². The molecule has 0 aromatic heterocycles. The van der Waals surface area contributed by atoms with Crippen molar-refractivity contribution in [1.29, 1.82) is 0 Å². The first-order valence-corrected chi connectivity index (χ1v) is 12.9. The Labute approximate surface area is 197 Å². The van der Waals surface area contributed by atoms with Crippen LogP contribution >= 0.6 is 0 Å². The number of carbonyl (C=O) groups is 1. The minimum atomic E-state index is -4.74. The molecule has 190 valence electrons. The molecule has 2 fully saturated rings. The molecule has 12 heteroatoms. The molecule has 0 saturated carbocycles. The van der Waals surface area contributed by atoms with Gasteiger partial charge in [0.2, 0.25) is 6.29 Å². The average molecular weight is 502 g/mol. The van der Waals surface area contributed by atoms with E-state index >= 15 is 0 Å². The highest BCUT2D eigenvalue weighted by molar-refractivity contribution is 7.86. The molecule has 2 saturated heterocycles. The SMILES string of the molecule is CCCN1CCCC2Cc3c(ccc(S(=O)(=O)O)c3O[C@@H]3O[C@H](C(=O)O)[C@@H](O)[C@H](O)[C@H]3O)CC21. The molecule has 11 nitrogen and oxygen atoms in total. The third kappa shape index (κ3) is 4.68. The van der Waals surface area contributed by atoms with E-state index in [9.17, 15) is 38.2 Å². The lowest BCUT2D eigenvalue weighted by Gasteiger charge is -2.45. The van der Waals surface area contributed by atoms with Crippen molar-refractivity contribution in [2.24, 2.45) is 5.92 Å². The van der Waals surface area contributed by atoms with Crippen LogP contribution in [0.1, 0.15) is 37.3 Å². The Morgan fingerprint density at radius 1 is 1.18 bits per heavy atom. The smallest absolute Gasteiger partial charge is 0.335 e. The number of ether oxygens (including phenoxy) is 2. The van der Waals surface area contributed by atoms with Gasteiger partial charge < -0.3 is 29.9 Å². The number of likely N-dealkylation sites (tertiary alicyclic amines) is 1. The Morgan fingerprint density at radius 2 is 1.91 bits per heavy atom. The second-order valence-corrected chi connectivity index (χ2v) is 10.7. The Kier molecular flexibility index (Phi) is 7.21. The van der Waals surface area contributed by atoms with E-state index in [0.29, 0.717) is 18.4 Å². The molecule has 3 aliphatic rings. The summed E-state index contributed by atoms with van der Waals surface area (Å²) in [6.45, 7) is 4.08. The van der Waals surface area contributed by atoms with Crippen LogP contribution in [0, 0.1) is 5.92 Å². The molecule has 0 bridgehead atoms. The van der Waals surface area contributed by atoms with Crippen molar-refractivity contribution < 1.29 is 47.7 Å². The van der Waals surface area contributed by atoms with E-state index < -0.39 is 51.7 Å². The van der Waals surface area contributed by atoms with Crippen molar-refractivity contribution in [2.75, 3.05) is 13.1 Å². The maximum absolute atomic E-state index is 12.2. The molecule has 1 aromatic carbocycles. The summed E-state index contributed by atoms with van der Waals surface area (Å²) in [5.41, 5.74) is 1.37. The quantitative estimate of drug-likeness (QED) is 0.326. The van der Waals surface area contributed by atoms with Gasteiger partial charge in [-0.25, -0.2) is 4.79 Å². The number of fused-ring (bicyclic) bond motifs is 2. The van der Waals surface area contributed by atoms with Gasteiger partial charge in [-0.05, 0) is 68.3 Å². The number of piperidine rings is 1.